The van der Waals surface area contributed by atoms with Crippen molar-refractivity contribution in [1.29, 1.82) is 0 Å². The lowest BCUT2D eigenvalue weighted by Crippen LogP contribution is -2.59. The fourth-order valence-electron chi connectivity index (χ4n) is 5.13. The minimum Gasteiger partial charge on any atom is -0.480 e. The van der Waals surface area contributed by atoms with Gasteiger partial charge in [-0.15, -0.1) is 0 Å². The Labute approximate surface area is 244 Å². The first-order valence-corrected chi connectivity index (χ1v) is 14.1. The van der Waals surface area contributed by atoms with E-state index in [2.05, 4.69) is 47.0 Å². The first-order valence-electron chi connectivity index (χ1n) is 13.6. The summed E-state index contributed by atoms with van der Waals surface area (Å²) >= 11 is 5.30. The molecule has 3 aromatic rings. The lowest BCUT2D eigenvalue weighted by atomic mass is 9.65. The van der Waals surface area contributed by atoms with Crippen LogP contribution < -0.4 is 10.6 Å². The number of carboxylic acid groups (broad SMARTS) is 1. The summed E-state index contributed by atoms with van der Waals surface area (Å²) in [6, 6.07) is 28.8. The predicted molar refractivity (Wildman–Crippen MR) is 164 cm³/mol. The number of thiol groups is 1. The Morgan fingerprint density at radius 2 is 1.18 bits per heavy atom. The maximum absolute atomic E-state index is 13.2. The number of ether oxygens (including phenoxy) is 1. The monoisotopic (exact) mass is 562 g/mol. The van der Waals surface area contributed by atoms with Crippen LogP contribution in [0.2, 0.25) is 0 Å². The van der Waals surface area contributed by atoms with Crippen molar-refractivity contribution in [2.45, 2.75) is 69.9 Å². The van der Waals surface area contributed by atoms with Gasteiger partial charge in [0.2, 0.25) is 0 Å². The molecule has 40 heavy (non-hydrogen) atoms. The van der Waals surface area contributed by atoms with Gasteiger partial charge in [-0.1, -0.05) is 112 Å². The highest BCUT2D eigenvalue weighted by Gasteiger charge is 2.46. The molecule has 0 saturated carbocycles. The van der Waals surface area contributed by atoms with Crippen LogP contribution in [-0.4, -0.2) is 46.6 Å². The third kappa shape index (κ3) is 7.46. The van der Waals surface area contributed by atoms with Crippen molar-refractivity contribution in [3.8, 4) is 0 Å². The van der Waals surface area contributed by atoms with Gasteiger partial charge in [0.1, 0.15) is 11.6 Å². The molecule has 0 aliphatic carbocycles. The fraction of sp³-hybridized carbons (Fsp3) is 0.394. The van der Waals surface area contributed by atoms with Gasteiger partial charge < -0.3 is 20.5 Å². The lowest BCUT2D eigenvalue weighted by Gasteiger charge is -2.44. The highest BCUT2D eigenvalue weighted by atomic mass is 32.1. The van der Waals surface area contributed by atoms with Crippen molar-refractivity contribution < 1.29 is 19.4 Å². The van der Waals surface area contributed by atoms with Gasteiger partial charge in [-0.05, 0) is 42.9 Å². The van der Waals surface area contributed by atoms with E-state index in [4.69, 9.17) is 17.4 Å². The van der Waals surface area contributed by atoms with Crippen molar-refractivity contribution in [2.24, 2.45) is 5.41 Å². The van der Waals surface area contributed by atoms with Gasteiger partial charge in [0.05, 0.1) is 11.5 Å². The van der Waals surface area contributed by atoms with Crippen molar-refractivity contribution in [1.82, 2.24) is 10.6 Å². The molecular formula is C33H42N2O4S. The van der Waals surface area contributed by atoms with Crippen molar-refractivity contribution in [2.75, 3.05) is 6.54 Å². The Kier molecular flexibility index (Phi) is 10.1. The van der Waals surface area contributed by atoms with Crippen LogP contribution in [0.5, 0.6) is 0 Å². The summed E-state index contributed by atoms with van der Waals surface area (Å²) < 4.78 is 5.64. The Bertz CT molecular complexity index is 1140. The van der Waals surface area contributed by atoms with Crippen LogP contribution in [0.25, 0.3) is 0 Å². The van der Waals surface area contributed by atoms with Gasteiger partial charge >= 0.3 is 12.1 Å². The van der Waals surface area contributed by atoms with Gasteiger partial charge in [-0.25, -0.2) is 4.79 Å². The maximum Gasteiger partial charge on any atom is 0.407 e. The molecule has 1 unspecified atom stereocenters. The molecule has 0 saturated heterocycles. The van der Waals surface area contributed by atoms with E-state index in [-0.39, 0.29) is 6.54 Å². The molecule has 0 radical (unpaired) electrons. The zero-order valence-corrected chi connectivity index (χ0v) is 25.1. The minimum absolute atomic E-state index is 0.149. The molecule has 7 heteroatoms. The van der Waals surface area contributed by atoms with Gasteiger partial charge in [-0.2, -0.15) is 12.6 Å². The molecular weight excluding hydrogens is 520 g/mol. The molecule has 0 aromatic heterocycles. The highest BCUT2D eigenvalue weighted by molar-refractivity contribution is 7.81. The number of hydrogen-bond donors (Lipinski definition) is 4. The van der Waals surface area contributed by atoms with Crippen LogP contribution in [0, 0.1) is 5.41 Å². The molecule has 1 amide bonds. The smallest absolute Gasteiger partial charge is 0.407 e. The maximum atomic E-state index is 13.2. The Morgan fingerprint density at radius 3 is 1.50 bits per heavy atom. The number of carboxylic acids is 1. The highest BCUT2D eigenvalue weighted by Crippen LogP contribution is 2.45. The van der Waals surface area contributed by atoms with E-state index >= 15 is 0 Å². The standard InChI is InChI=1S/C33H42N2O4S/c1-31(2,3)27(29(36)37)34-22-26(35-30(38)39-32(4,5)6)28(40)33(23-16-10-7-11-17-23,24-18-12-8-13-19-24)25-20-14-9-15-21-25/h7-21,26-28,34,40H,22H2,1-6H3,(H,35,38)(H,36,37)/t26-,27-,28?/m1/s1. The molecule has 0 bridgehead atoms. The molecule has 0 aliphatic heterocycles. The van der Waals surface area contributed by atoms with Crippen molar-refractivity contribution >= 4 is 24.7 Å². The molecule has 3 rings (SSSR count). The van der Waals surface area contributed by atoms with Crippen LogP contribution in [0.4, 0.5) is 4.79 Å². The zero-order chi connectivity index (χ0) is 29.6. The van der Waals surface area contributed by atoms with E-state index in [0.29, 0.717) is 0 Å². The third-order valence-corrected chi connectivity index (χ3v) is 7.62. The Morgan fingerprint density at radius 1 is 0.775 bits per heavy atom. The van der Waals surface area contributed by atoms with Gasteiger partial charge in [-0.3, -0.25) is 4.79 Å². The second-order valence-corrected chi connectivity index (χ2v) is 12.7. The molecule has 214 valence electrons. The van der Waals surface area contributed by atoms with Crippen LogP contribution in [0.3, 0.4) is 0 Å². The van der Waals surface area contributed by atoms with E-state index in [0.717, 1.165) is 16.7 Å². The SMILES string of the molecule is CC(C)(C)OC(=O)N[C@H](CN[C@H](C(=O)O)C(C)(C)C)C(S)C(c1ccccc1)(c1ccccc1)c1ccccc1. The van der Waals surface area contributed by atoms with Gasteiger partial charge in [0.25, 0.3) is 0 Å². The molecule has 0 fully saturated rings. The number of alkyl carbamates (subject to hydrolysis) is 1. The second kappa shape index (κ2) is 12.9. The molecule has 3 aromatic carbocycles. The minimum atomic E-state index is -0.959. The lowest BCUT2D eigenvalue weighted by molar-refractivity contribution is -0.142. The summed E-state index contributed by atoms with van der Waals surface area (Å²) in [4.78, 5) is 25.4. The number of carbonyl (C=O) groups excluding carboxylic acids is 1. The third-order valence-electron chi connectivity index (χ3n) is 6.87. The summed E-state index contributed by atoms with van der Waals surface area (Å²) in [6.45, 7) is 11.2. The zero-order valence-electron chi connectivity index (χ0n) is 24.2. The predicted octanol–water partition coefficient (Wildman–Crippen LogP) is 6.30. The number of amides is 1. The Balaban J connectivity index is 2.21. The first-order chi connectivity index (χ1) is 18.8. The van der Waals surface area contributed by atoms with Crippen LogP contribution in [0.15, 0.2) is 91.0 Å². The largest absolute Gasteiger partial charge is 0.480 e. The number of aliphatic carboxylic acids is 1. The van der Waals surface area contributed by atoms with E-state index in [1.807, 2.05) is 75.4 Å². The number of benzene rings is 3. The summed E-state index contributed by atoms with van der Waals surface area (Å²) in [5, 5.41) is 15.7. The van der Waals surface area contributed by atoms with Crippen molar-refractivity contribution in [3.63, 3.8) is 0 Å². The summed E-state index contributed by atoms with van der Waals surface area (Å²) in [5.41, 5.74) is 0.897. The van der Waals surface area contributed by atoms with Crippen LogP contribution in [-0.2, 0) is 14.9 Å². The summed E-state index contributed by atoms with van der Waals surface area (Å²) in [6.07, 6.45) is -0.593. The molecule has 0 heterocycles. The van der Waals surface area contributed by atoms with Crippen molar-refractivity contribution in [3.05, 3.63) is 108 Å². The van der Waals surface area contributed by atoms with E-state index in [9.17, 15) is 14.7 Å². The number of carbonyl (C=O) groups is 2. The fourth-order valence-corrected chi connectivity index (χ4v) is 5.75. The quantitative estimate of drug-likeness (QED) is 0.172. The first kappa shape index (κ1) is 31.2. The number of nitrogens with one attached hydrogen (secondary N) is 2. The summed E-state index contributed by atoms with van der Waals surface area (Å²) in [5.74, 6) is -0.959. The van der Waals surface area contributed by atoms with Crippen LogP contribution in [0.1, 0.15) is 58.2 Å². The van der Waals surface area contributed by atoms with Gasteiger partial charge in [0.15, 0.2) is 0 Å². The number of hydrogen-bond acceptors (Lipinski definition) is 5. The Hall–Kier alpha value is -3.29. The topological polar surface area (TPSA) is 87.7 Å². The second-order valence-electron chi connectivity index (χ2n) is 12.1. The van der Waals surface area contributed by atoms with E-state index in [1.165, 1.54) is 0 Å². The van der Waals surface area contributed by atoms with Crippen LogP contribution >= 0.6 is 12.6 Å². The number of rotatable bonds is 10. The van der Waals surface area contributed by atoms with E-state index < -0.39 is 45.8 Å². The van der Waals surface area contributed by atoms with E-state index in [1.54, 1.807) is 20.8 Å². The molecule has 0 spiro atoms. The molecule has 3 atom stereocenters. The average Bonchev–Trinajstić information content (AvgIpc) is 2.88. The molecule has 6 nitrogen and oxygen atoms in total. The normalized spacial score (nSPS) is 14.6. The average molecular weight is 563 g/mol. The molecule has 0 aliphatic rings. The molecule has 3 N–H and O–H groups in total. The summed E-state index contributed by atoms with van der Waals surface area (Å²) in [7, 11) is 0. The van der Waals surface area contributed by atoms with Gasteiger partial charge in [0, 0.05) is 11.8 Å².